The minimum absolute atomic E-state index is 0.0605. The lowest BCUT2D eigenvalue weighted by Crippen LogP contribution is -2.28. The minimum Gasteiger partial charge on any atom is -0.493 e. The second-order valence-electron chi connectivity index (χ2n) is 6.77. The lowest BCUT2D eigenvalue weighted by molar-refractivity contribution is 0.0790. The molecule has 1 saturated heterocycles. The van der Waals surface area contributed by atoms with E-state index >= 15 is 0 Å². The standard InChI is InChI=1S/C20H19NO4/c22-20(15-2-4-18-19(10-15)25-12-24-18)21-7-5-16(11-21)13-1-3-17-14(9-13)6-8-23-17/h1-4,9-10,16H,5-8,11-12H2. The SMILES string of the molecule is O=C(c1ccc2c(c1)OCO2)N1CCC(c2ccc3c(c2)CCO3)C1. The Kier molecular flexibility index (Phi) is 3.33. The van der Waals surface area contributed by atoms with Gasteiger partial charge in [-0.2, -0.15) is 0 Å². The number of nitrogens with zero attached hydrogens (tertiary/aromatic N) is 1. The summed E-state index contributed by atoms with van der Waals surface area (Å²) in [6.45, 7) is 2.54. The molecule has 2 aromatic carbocycles. The molecule has 3 aliphatic heterocycles. The van der Waals surface area contributed by atoms with Gasteiger partial charge < -0.3 is 19.1 Å². The maximum absolute atomic E-state index is 12.8. The summed E-state index contributed by atoms with van der Waals surface area (Å²) in [6.07, 6.45) is 1.98. The number of hydrogen-bond acceptors (Lipinski definition) is 4. The fourth-order valence-electron chi connectivity index (χ4n) is 3.89. The number of rotatable bonds is 2. The third-order valence-electron chi connectivity index (χ3n) is 5.28. The Bertz CT molecular complexity index is 848. The Hall–Kier alpha value is -2.69. The fourth-order valence-corrected chi connectivity index (χ4v) is 3.89. The highest BCUT2D eigenvalue weighted by molar-refractivity contribution is 5.95. The van der Waals surface area contributed by atoms with Crippen LogP contribution in [0.5, 0.6) is 17.2 Å². The molecule has 3 aliphatic rings. The van der Waals surface area contributed by atoms with Crippen LogP contribution >= 0.6 is 0 Å². The van der Waals surface area contributed by atoms with Gasteiger partial charge in [-0.15, -0.1) is 0 Å². The van der Waals surface area contributed by atoms with Crippen molar-refractivity contribution in [1.82, 2.24) is 4.90 Å². The van der Waals surface area contributed by atoms with Crippen LogP contribution in [-0.2, 0) is 6.42 Å². The van der Waals surface area contributed by atoms with Crippen molar-refractivity contribution in [3.63, 3.8) is 0 Å². The third kappa shape index (κ3) is 2.51. The number of likely N-dealkylation sites (tertiary alicyclic amines) is 1. The second-order valence-corrected chi connectivity index (χ2v) is 6.77. The molecule has 1 amide bonds. The maximum atomic E-state index is 12.8. The van der Waals surface area contributed by atoms with Gasteiger partial charge in [0.25, 0.3) is 5.91 Å². The van der Waals surface area contributed by atoms with Crippen molar-refractivity contribution < 1.29 is 19.0 Å². The van der Waals surface area contributed by atoms with Crippen molar-refractivity contribution in [2.24, 2.45) is 0 Å². The molecule has 1 fully saturated rings. The van der Waals surface area contributed by atoms with E-state index in [4.69, 9.17) is 14.2 Å². The molecule has 0 radical (unpaired) electrons. The number of fused-ring (bicyclic) bond motifs is 2. The predicted octanol–water partition coefficient (Wildman–Crippen LogP) is 2.98. The second kappa shape index (κ2) is 5.69. The van der Waals surface area contributed by atoms with Crippen LogP contribution < -0.4 is 14.2 Å². The van der Waals surface area contributed by atoms with E-state index in [0.29, 0.717) is 23.0 Å². The van der Waals surface area contributed by atoms with Crippen molar-refractivity contribution in [2.75, 3.05) is 26.5 Å². The highest BCUT2D eigenvalue weighted by Gasteiger charge is 2.29. The zero-order valence-electron chi connectivity index (χ0n) is 13.9. The van der Waals surface area contributed by atoms with E-state index < -0.39 is 0 Å². The van der Waals surface area contributed by atoms with Gasteiger partial charge >= 0.3 is 0 Å². The number of carbonyl (C=O) groups is 1. The highest BCUT2D eigenvalue weighted by Crippen LogP contribution is 2.35. The van der Waals surface area contributed by atoms with Crippen LogP contribution in [0.25, 0.3) is 0 Å². The molecule has 5 rings (SSSR count). The minimum atomic E-state index is 0.0605. The van der Waals surface area contributed by atoms with Crippen LogP contribution in [0.3, 0.4) is 0 Å². The molecule has 1 atom stereocenters. The smallest absolute Gasteiger partial charge is 0.254 e. The topological polar surface area (TPSA) is 48.0 Å². The number of amides is 1. The molecule has 2 aromatic rings. The largest absolute Gasteiger partial charge is 0.493 e. The predicted molar refractivity (Wildman–Crippen MR) is 91.5 cm³/mol. The van der Waals surface area contributed by atoms with Crippen molar-refractivity contribution in [1.29, 1.82) is 0 Å². The van der Waals surface area contributed by atoms with Crippen molar-refractivity contribution in [2.45, 2.75) is 18.8 Å². The summed E-state index contributed by atoms with van der Waals surface area (Å²) in [5.41, 5.74) is 3.26. The van der Waals surface area contributed by atoms with E-state index in [1.165, 1.54) is 11.1 Å². The van der Waals surface area contributed by atoms with Gasteiger partial charge in [-0.1, -0.05) is 12.1 Å². The molecule has 0 spiro atoms. The van der Waals surface area contributed by atoms with Gasteiger partial charge in [-0.05, 0) is 41.8 Å². The molecule has 5 nitrogen and oxygen atoms in total. The van der Waals surface area contributed by atoms with Crippen LogP contribution in [-0.4, -0.2) is 37.3 Å². The Morgan fingerprint density at radius 2 is 1.88 bits per heavy atom. The first kappa shape index (κ1) is 14.6. The molecular weight excluding hydrogens is 318 g/mol. The summed E-state index contributed by atoms with van der Waals surface area (Å²) in [5, 5.41) is 0. The quantitative estimate of drug-likeness (QED) is 0.845. The first-order chi connectivity index (χ1) is 12.3. The molecule has 0 aliphatic carbocycles. The van der Waals surface area contributed by atoms with Gasteiger partial charge in [-0.3, -0.25) is 4.79 Å². The maximum Gasteiger partial charge on any atom is 0.254 e. The van der Waals surface area contributed by atoms with Crippen LogP contribution in [0.2, 0.25) is 0 Å². The Morgan fingerprint density at radius 1 is 1.00 bits per heavy atom. The van der Waals surface area contributed by atoms with Crippen LogP contribution in [0, 0.1) is 0 Å². The summed E-state index contributed by atoms with van der Waals surface area (Å²) in [7, 11) is 0. The number of benzene rings is 2. The van der Waals surface area contributed by atoms with Gasteiger partial charge in [0.05, 0.1) is 6.61 Å². The summed E-state index contributed by atoms with van der Waals surface area (Å²) in [5.74, 6) is 2.82. The van der Waals surface area contributed by atoms with Crippen LogP contribution in [0.1, 0.15) is 33.8 Å². The molecule has 128 valence electrons. The molecule has 0 saturated carbocycles. The Balaban J connectivity index is 1.32. The number of carbonyl (C=O) groups excluding carboxylic acids is 1. The van der Waals surface area contributed by atoms with E-state index in [-0.39, 0.29) is 12.7 Å². The molecule has 1 unspecified atom stereocenters. The molecule has 3 heterocycles. The Morgan fingerprint density at radius 3 is 2.84 bits per heavy atom. The van der Waals surface area contributed by atoms with E-state index in [1.54, 1.807) is 6.07 Å². The van der Waals surface area contributed by atoms with Crippen molar-refractivity contribution >= 4 is 5.91 Å². The zero-order chi connectivity index (χ0) is 16.8. The molecule has 0 bridgehead atoms. The average molecular weight is 337 g/mol. The molecular formula is C20H19NO4. The van der Waals surface area contributed by atoms with Gasteiger partial charge in [0.2, 0.25) is 6.79 Å². The van der Waals surface area contributed by atoms with Gasteiger partial charge in [0, 0.05) is 31.0 Å². The molecule has 25 heavy (non-hydrogen) atoms. The summed E-state index contributed by atoms with van der Waals surface area (Å²) >= 11 is 0. The highest BCUT2D eigenvalue weighted by atomic mass is 16.7. The summed E-state index contributed by atoms with van der Waals surface area (Å²) in [6, 6.07) is 11.9. The van der Waals surface area contributed by atoms with Crippen LogP contribution in [0.15, 0.2) is 36.4 Å². The van der Waals surface area contributed by atoms with E-state index in [9.17, 15) is 4.79 Å². The summed E-state index contributed by atoms with van der Waals surface area (Å²) in [4.78, 5) is 14.8. The van der Waals surface area contributed by atoms with Gasteiger partial charge in [0.15, 0.2) is 11.5 Å². The first-order valence-corrected chi connectivity index (χ1v) is 8.72. The lowest BCUT2D eigenvalue weighted by atomic mass is 9.96. The summed E-state index contributed by atoms with van der Waals surface area (Å²) < 4.78 is 16.3. The third-order valence-corrected chi connectivity index (χ3v) is 5.28. The van der Waals surface area contributed by atoms with Crippen molar-refractivity contribution in [3.8, 4) is 17.2 Å². The first-order valence-electron chi connectivity index (χ1n) is 8.72. The van der Waals surface area contributed by atoms with Crippen LogP contribution in [0.4, 0.5) is 0 Å². The molecule has 0 aromatic heterocycles. The normalized spacial score (nSPS) is 20.5. The number of ether oxygens (including phenoxy) is 3. The van der Waals surface area contributed by atoms with E-state index in [2.05, 4.69) is 18.2 Å². The average Bonchev–Trinajstić information content (AvgIpc) is 3.39. The van der Waals surface area contributed by atoms with E-state index in [1.807, 2.05) is 17.0 Å². The number of hydrogen-bond donors (Lipinski definition) is 0. The van der Waals surface area contributed by atoms with Gasteiger partial charge in [-0.25, -0.2) is 0 Å². The molecule has 5 heteroatoms. The Labute approximate surface area is 146 Å². The zero-order valence-corrected chi connectivity index (χ0v) is 13.9. The lowest BCUT2D eigenvalue weighted by Gasteiger charge is -2.17. The monoisotopic (exact) mass is 337 g/mol. The van der Waals surface area contributed by atoms with Crippen molar-refractivity contribution in [3.05, 3.63) is 53.1 Å². The fraction of sp³-hybridized carbons (Fsp3) is 0.350. The van der Waals surface area contributed by atoms with Gasteiger partial charge in [0.1, 0.15) is 5.75 Å². The van der Waals surface area contributed by atoms with E-state index in [0.717, 1.165) is 38.3 Å². The molecule has 0 N–H and O–H groups in total.